The Morgan fingerprint density at radius 2 is 2.00 bits per heavy atom. The number of carboxylic acid groups (broad SMARTS) is 1. The van der Waals surface area contributed by atoms with Gasteiger partial charge in [0.15, 0.2) is 0 Å². The van der Waals surface area contributed by atoms with Crippen molar-refractivity contribution in [2.24, 2.45) is 0 Å². The van der Waals surface area contributed by atoms with Gasteiger partial charge in [-0.15, -0.1) is 0 Å². The van der Waals surface area contributed by atoms with Crippen LogP contribution >= 0.6 is 0 Å². The number of hydrogen-bond acceptors (Lipinski definition) is 2. The molecule has 12 heavy (non-hydrogen) atoms. The second-order valence-electron chi connectivity index (χ2n) is 3.93. The molecule has 1 atom stereocenters. The van der Waals surface area contributed by atoms with Gasteiger partial charge in [-0.2, -0.15) is 0 Å². The van der Waals surface area contributed by atoms with E-state index in [4.69, 9.17) is 9.84 Å². The second-order valence-corrected chi connectivity index (χ2v) is 3.93. The van der Waals surface area contributed by atoms with Gasteiger partial charge >= 0.3 is 5.97 Å². The number of ether oxygens (including phenoxy) is 1. The average Bonchev–Trinajstić information content (AvgIpc) is 1.82. The quantitative estimate of drug-likeness (QED) is 0.608. The van der Waals surface area contributed by atoms with E-state index in [1.165, 1.54) is 0 Å². The molecule has 0 heterocycles. The average molecular weight is 176 g/mol. The van der Waals surface area contributed by atoms with Crippen molar-refractivity contribution in [2.45, 2.75) is 12.5 Å². The van der Waals surface area contributed by atoms with Gasteiger partial charge in [0.1, 0.15) is 12.6 Å². The molecular formula is C8H18NO3+. The van der Waals surface area contributed by atoms with Gasteiger partial charge in [0.25, 0.3) is 0 Å². The van der Waals surface area contributed by atoms with E-state index in [0.717, 1.165) is 0 Å². The number of aliphatic carboxylic acids is 1. The van der Waals surface area contributed by atoms with Crippen LogP contribution in [0.2, 0.25) is 0 Å². The van der Waals surface area contributed by atoms with E-state index in [9.17, 15) is 4.79 Å². The molecule has 0 aromatic carbocycles. The first kappa shape index (κ1) is 11.4. The molecule has 0 amide bonds. The molecule has 0 saturated heterocycles. The van der Waals surface area contributed by atoms with Gasteiger partial charge in [-0.25, -0.2) is 0 Å². The molecule has 1 unspecified atom stereocenters. The first-order chi connectivity index (χ1) is 5.35. The summed E-state index contributed by atoms with van der Waals surface area (Å²) < 4.78 is 5.75. The van der Waals surface area contributed by atoms with Crippen LogP contribution in [0.5, 0.6) is 0 Å². The fourth-order valence-corrected chi connectivity index (χ4v) is 1.03. The third kappa shape index (κ3) is 6.12. The predicted octanol–water partition coefficient (Wildman–Crippen LogP) is 0.182. The van der Waals surface area contributed by atoms with Gasteiger partial charge in [0.05, 0.1) is 27.6 Å². The van der Waals surface area contributed by atoms with E-state index in [-0.39, 0.29) is 12.5 Å². The summed E-state index contributed by atoms with van der Waals surface area (Å²) in [7, 11) is 7.57. The smallest absolute Gasteiger partial charge is 0.306 e. The van der Waals surface area contributed by atoms with Crippen LogP contribution in [0.3, 0.4) is 0 Å². The van der Waals surface area contributed by atoms with Crippen LogP contribution in [0.4, 0.5) is 0 Å². The van der Waals surface area contributed by atoms with E-state index < -0.39 is 5.97 Å². The summed E-state index contributed by atoms with van der Waals surface area (Å²) in [6.07, 6.45) is -0.117. The van der Waals surface area contributed by atoms with E-state index in [2.05, 4.69) is 0 Å². The fourth-order valence-electron chi connectivity index (χ4n) is 1.03. The summed E-state index contributed by atoms with van der Waals surface area (Å²) in [6, 6.07) is 0. The summed E-state index contributed by atoms with van der Waals surface area (Å²) in [6.45, 7) is 0.711. The van der Waals surface area contributed by atoms with Crippen LogP contribution in [-0.2, 0) is 9.53 Å². The maximum absolute atomic E-state index is 10.4. The molecule has 0 saturated carbocycles. The molecule has 4 heteroatoms. The number of carbonyl (C=O) groups is 1. The number of nitrogens with zero attached hydrogens (tertiary/aromatic N) is 1. The monoisotopic (exact) mass is 176 g/mol. The van der Waals surface area contributed by atoms with Crippen LogP contribution in [0, 0.1) is 0 Å². The van der Waals surface area contributed by atoms with Crippen LogP contribution in [0.25, 0.3) is 0 Å². The molecular weight excluding hydrogens is 158 g/mol. The van der Waals surface area contributed by atoms with Crippen molar-refractivity contribution in [1.29, 1.82) is 0 Å². The number of quaternary nitrogens is 1. The van der Waals surface area contributed by atoms with Crippen molar-refractivity contribution in [1.82, 2.24) is 0 Å². The molecule has 0 aromatic heterocycles. The molecule has 0 aliphatic heterocycles. The normalized spacial score (nSPS) is 14.3. The molecule has 0 aromatic rings. The van der Waals surface area contributed by atoms with Gasteiger partial charge < -0.3 is 14.3 Å². The number of rotatable bonds is 5. The summed E-state index contributed by atoms with van der Waals surface area (Å²) in [5, 5.41) is 8.52. The van der Waals surface area contributed by atoms with Gasteiger partial charge in [-0.05, 0) is 0 Å². The molecule has 1 N–H and O–H groups in total. The van der Waals surface area contributed by atoms with Crippen LogP contribution in [-0.4, -0.2) is 56.5 Å². The Bertz CT molecular complexity index is 151. The molecule has 0 rings (SSSR count). The van der Waals surface area contributed by atoms with Crippen molar-refractivity contribution < 1.29 is 19.1 Å². The lowest BCUT2D eigenvalue weighted by atomic mass is 10.2. The molecule has 0 radical (unpaired) electrons. The van der Waals surface area contributed by atoms with E-state index in [1.807, 2.05) is 21.1 Å². The highest BCUT2D eigenvalue weighted by molar-refractivity contribution is 5.67. The zero-order valence-corrected chi connectivity index (χ0v) is 8.20. The van der Waals surface area contributed by atoms with Crippen LogP contribution < -0.4 is 0 Å². The molecule has 0 aliphatic carbocycles. The van der Waals surface area contributed by atoms with Gasteiger partial charge in [-0.1, -0.05) is 0 Å². The SMILES string of the molecule is COC(CC(=O)O)C[N+](C)(C)C. The lowest BCUT2D eigenvalue weighted by Crippen LogP contribution is -2.42. The molecule has 0 aliphatic rings. The van der Waals surface area contributed by atoms with Crippen LogP contribution in [0.15, 0.2) is 0 Å². The number of hydrogen-bond donors (Lipinski definition) is 1. The molecule has 0 spiro atoms. The Kier molecular flexibility index (Phi) is 4.20. The Balaban J connectivity index is 3.92. The lowest BCUT2D eigenvalue weighted by Gasteiger charge is -2.27. The third-order valence-corrected chi connectivity index (χ3v) is 1.49. The number of carboxylic acids is 1. The highest BCUT2D eigenvalue weighted by atomic mass is 16.5. The van der Waals surface area contributed by atoms with Gasteiger partial charge in [0, 0.05) is 7.11 Å². The van der Waals surface area contributed by atoms with Crippen molar-refractivity contribution in [3.63, 3.8) is 0 Å². The minimum Gasteiger partial charge on any atom is -0.481 e. The lowest BCUT2D eigenvalue weighted by molar-refractivity contribution is -0.873. The standard InChI is InChI=1S/C8H17NO3/c1-9(2,3)6-7(12-4)5-8(10)11/h7H,5-6H2,1-4H3/p+1. The fraction of sp³-hybridized carbons (Fsp3) is 0.875. The van der Waals surface area contributed by atoms with Gasteiger partial charge in [-0.3, -0.25) is 4.79 Å². The first-order valence-corrected chi connectivity index (χ1v) is 3.90. The Morgan fingerprint density at radius 3 is 2.25 bits per heavy atom. The third-order valence-electron chi connectivity index (χ3n) is 1.49. The van der Waals surface area contributed by atoms with Crippen LogP contribution in [0.1, 0.15) is 6.42 Å². The van der Waals surface area contributed by atoms with Gasteiger partial charge in [0.2, 0.25) is 0 Å². The maximum Gasteiger partial charge on any atom is 0.306 e. The van der Waals surface area contributed by atoms with Crippen molar-refractivity contribution in [2.75, 3.05) is 34.8 Å². The maximum atomic E-state index is 10.4. The minimum atomic E-state index is -0.810. The van der Waals surface area contributed by atoms with Crippen molar-refractivity contribution >= 4 is 5.97 Å². The summed E-state index contributed by atoms with van der Waals surface area (Å²) >= 11 is 0. The molecule has 0 fully saturated rings. The Labute approximate surface area is 73.3 Å². The zero-order chi connectivity index (χ0) is 9.78. The Hall–Kier alpha value is -0.610. The number of likely N-dealkylation sites (N-methyl/N-ethyl adjacent to an activating group) is 1. The van der Waals surface area contributed by atoms with Crippen molar-refractivity contribution in [3.05, 3.63) is 0 Å². The van der Waals surface area contributed by atoms with E-state index in [0.29, 0.717) is 11.0 Å². The van der Waals surface area contributed by atoms with E-state index in [1.54, 1.807) is 7.11 Å². The highest BCUT2D eigenvalue weighted by Gasteiger charge is 2.19. The summed E-state index contributed by atoms with van der Waals surface area (Å²) in [4.78, 5) is 10.4. The largest absolute Gasteiger partial charge is 0.481 e. The zero-order valence-electron chi connectivity index (χ0n) is 8.20. The molecule has 0 bridgehead atoms. The Morgan fingerprint density at radius 1 is 1.50 bits per heavy atom. The summed E-state index contributed by atoms with van der Waals surface area (Å²) in [5.41, 5.74) is 0. The highest BCUT2D eigenvalue weighted by Crippen LogP contribution is 2.02. The predicted molar refractivity (Wildman–Crippen MR) is 45.9 cm³/mol. The number of methoxy groups -OCH3 is 1. The first-order valence-electron chi connectivity index (χ1n) is 3.90. The second kappa shape index (κ2) is 4.42. The van der Waals surface area contributed by atoms with Crippen molar-refractivity contribution in [3.8, 4) is 0 Å². The minimum absolute atomic E-state index is 0.0754. The summed E-state index contributed by atoms with van der Waals surface area (Å²) in [5.74, 6) is -0.810. The topological polar surface area (TPSA) is 46.5 Å². The van der Waals surface area contributed by atoms with E-state index >= 15 is 0 Å². The molecule has 4 nitrogen and oxygen atoms in total. The molecule has 72 valence electrons.